The van der Waals surface area contributed by atoms with E-state index >= 15 is 0 Å². The van der Waals surface area contributed by atoms with Crippen LogP contribution >= 0.6 is 0 Å². The molecule has 184 valence electrons. The topological polar surface area (TPSA) is 94.4 Å². The molecule has 1 amide bonds. The normalized spacial score (nSPS) is 16.9. The van der Waals surface area contributed by atoms with Crippen LogP contribution in [0.15, 0.2) is 54.9 Å². The number of benzene rings is 2. The van der Waals surface area contributed by atoms with E-state index in [4.69, 9.17) is 5.73 Å². The number of amides is 1. The number of likely N-dealkylation sites (N-methyl/N-ethyl adjacent to an activating group) is 1. The van der Waals surface area contributed by atoms with Crippen molar-refractivity contribution in [3.8, 4) is 11.1 Å². The van der Waals surface area contributed by atoms with Gasteiger partial charge in [-0.05, 0) is 35.9 Å². The second-order valence-corrected chi connectivity index (χ2v) is 9.93. The fraction of sp³-hybridized carbons (Fsp3) is 0.321. The maximum Gasteiger partial charge on any atom is 0.251 e. The van der Waals surface area contributed by atoms with Gasteiger partial charge in [-0.1, -0.05) is 30.3 Å². The lowest BCUT2D eigenvalue weighted by molar-refractivity contribution is 0.0999. The Hall–Kier alpha value is -3.75. The van der Waals surface area contributed by atoms with Crippen LogP contribution < -0.4 is 10.6 Å². The van der Waals surface area contributed by atoms with Gasteiger partial charge in [-0.2, -0.15) is 0 Å². The maximum absolute atomic E-state index is 11.4. The average Bonchev–Trinajstić information content (AvgIpc) is 3.28. The predicted molar refractivity (Wildman–Crippen MR) is 142 cm³/mol. The van der Waals surface area contributed by atoms with E-state index in [0.29, 0.717) is 11.5 Å². The van der Waals surface area contributed by atoms with Crippen molar-refractivity contribution in [3.63, 3.8) is 0 Å². The van der Waals surface area contributed by atoms with Crippen molar-refractivity contribution in [3.05, 3.63) is 77.2 Å². The number of anilines is 1. The molecule has 2 aliphatic heterocycles. The monoisotopic (exact) mass is 481 g/mol. The summed E-state index contributed by atoms with van der Waals surface area (Å²) >= 11 is 0. The summed E-state index contributed by atoms with van der Waals surface area (Å²) in [5.41, 5.74) is 13.2. The predicted octanol–water partition coefficient (Wildman–Crippen LogP) is 3.03. The summed E-state index contributed by atoms with van der Waals surface area (Å²) in [5.74, 6) is 0.103. The summed E-state index contributed by atoms with van der Waals surface area (Å²) in [6, 6.07) is 15.7. The number of primary amides is 1. The van der Waals surface area contributed by atoms with Gasteiger partial charge in [-0.15, -0.1) is 0 Å². The van der Waals surface area contributed by atoms with Crippen molar-refractivity contribution >= 4 is 22.8 Å². The van der Waals surface area contributed by atoms with Gasteiger partial charge in [-0.3, -0.25) is 9.69 Å². The number of hydrogen-bond donors (Lipinski definition) is 2. The lowest BCUT2D eigenvalue weighted by Crippen LogP contribution is -2.43. The first-order valence-electron chi connectivity index (χ1n) is 12.5. The number of carbonyl (C=O) groups excluding carboxylic acids is 1. The molecule has 36 heavy (non-hydrogen) atoms. The first kappa shape index (κ1) is 22.7. The molecule has 0 atom stereocenters. The molecule has 2 aromatic carbocycles. The van der Waals surface area contributed by atoms with Crippen LogP contribution in [0.25, 0.3) is 22.0 Å². The molecule has 0 aliphatic carbocycles. The van der Waals surface area contributed by atoms with E-state index in [0.717, 1.165) is 57.8 Å². The molecule has 2 aromatic heterocycles. The maximum atomic E-state index is 11.4. The molecule has 0 spiro atoms. The van der Waals surface area contributed by atoms with Gasteiger partial charge in [0.2, 0.25) is 5.95 Å². The van der Waals surface area contributed by atoms with E-state index in [-0.39, 0.29) is 0 Å². The molecule has 1 saturated heterocycles. The molecule has 6 rings (SSSR count). The fourth-order valence-electron chi connectivity index (χ4n) is 5.24. The highest BCUT2D eigenvalue weighted by Crippen LogP contribution is 2.32. The number of carbonyl (C=O) groups is 1. The molecule has 0 saturated carbocycles. The minimum atomic E-state index is -0.515. The van der Waals surface area contributed by atoms with E-state index in [1.54, 1.807) is 0 Å². The number of hydrogen-bond acceptors (Lipinski definition) is 6. The molecule has 8 heteroatoms. The number of fused-ring (bicyclic) bond motifs is 3. The van der Waals surface area contributed by atoms with Gasteiger partial charge in [-0.25, -0.2) is 9.97 Å². The number of rotatable bonds is 5. The smallest absolute Gasteiger partial charge is 0.251 e. The summed E-state index contributed by atoms with van der Waals surface area (Å²) < 4.78 is 0. The molecule has 4 heterocycles. The van der Waals surface area contributed by atoms with Crippen LogP contribution in [-0.4, -0.2) is 70.4 Å². The minimum absolute atomic E-state index is 0.322. The van der Waals surface area contributed by atoms with E-state index in [9.17, 15) is 4.79 Å². The van der Waals surface area contributed by atoms with E-state index in [1.807, 2.05) is 0 Å². The summed E-state index contributed by atoms with van der Waals surface area (Å²) in [6.07, 6.45) is 3.89. The Labute approximate surface area is 210 Å². The number of H-pyrrole nitrogens is 1. The van der Waals surface area contributed by atoms with Crippen LogP contribution in [0.2, 0.25) is 0 Å². The van der Waals surface area contributed by atoms with Crippen LogP contribution in [0, 0.1) is 0 Å². The zero-order chi connectivity index (χ0) is 24.6. The van der Waals surface area contributed by atoms with E-state index < -0.39 is 5.91 Å². The molecule has 3 N–H and O–H groups in total. The summed E-state index contributed by atoms with van der Waals surface area (Å²) in [5, 5.41) is 1.24. The molecule has 0 radical (unpaired) electrons. The third kappa shape index (κ3) is 4.45. The number of aromatic nitrogens is 3. The van der Waals surface area contributed by atoms with Gasteiger partial charge in [0.15, 0.2) is 0 Å². The average molecular weight is 482 g/mol. The summed E-state index contributed by atoms with van der Waals surface area (Å²) in [4.78, 5) is 30.8. The van der Waals surface area contributed by atoms with Crippen molar-refractivity contribution in [2.75, 3.05) is 44.7 Å². The third-order valence-electron chi connectivity index (χ3n) is 7.47. The van der Waals surface area contributed by atoms with Crippen LogP contribution in [-0.2, 0) is 19.5 Å². The Morgan fingerprint density at radius 3 is 2.42 bits per heavy atom. The highest BCUT2D eigenvalue weighted by molar-refractivity contribution is 5.92. The molecular weight excluding hydrogens is 450 g/mol. The zero-order valence-corrected chi connectivity index (χ0v) is 20.6. The van der Waals surface area contributed by atoms with Gasteiger partial charge < -0.3 is 20.5 Å². The second-order valence-electron chi connectivity index (χ2n) is 9.93. The minimum Gasteiger partial charge on any atom is -0.366 e. The standard InChI is InChI=1S/C28H31N7O/c1-33-10-12-34(13-11-33)17-19-2-4-20(5-3-19)21-6-7-25-23(14-21)24-18-35(9-8-26(24)32-25)28-30-15-22(16-31-28)27(29)36/h2-7,14-16,32H,8-13,17-18H2,1H3,(H2,29,36). The molecule has 4 aromatic rings. The van der Waals surface area contributed by atoms with Gasteiger partial charge in [0.25, 0.3) is 5.91 Å². The Morgan fingerprint density at radius 2 is 1.69 bits per heavy atom. The lowest BCUT2D eigenvalue weighted by Gasteiger charge is -2.32. The highest BCUT2D eigenvalue weighted by atomic mass is 16.1. The fourth-order valence-corrected chi connectivity index (χ4v) is 5.24. The van der Waals surface area contributed by atoms with Crippen LogP contribution in [0.5, 0.6) is 0 Å². The first-order valence-corrected chi connectivity index (χ1v) is 12.5. The van der Waals surface area contributed by atoms with Crippen LogP contribution in [0.1, 0.15) is 27.2 Å². The zero-order valence-electron chi connectivity index (χ0n) is 20.6. The van der Waals surface area contributed by atoms with Crippen molar-refractivity contribution < 1.29 is 4.79 Å². The molecule has 2 aliphatic rings. The van der Waals surface area contributed by atoms with E-state index in [1.165, 1.54) is 45.7 Å². The highest BCUT2D eigenvalue weighted by Gasteiger charge is 2.23. The molecule has 8 nitrogen and oxygen atoms in total. The second kappa shape index (κ2) is 9.37. The van der Waals surface area contributed by atoms with E-state index in [2.05, 4.69) is 79.2 Å². The molecule has 1 fully saturated rings. The van der Waals surface area contributed by atoms with Gasteiger partial charge in [0.05, 0.1) is 5.56 Å². The number of aromatic amines is 1. The molecule has 0 bridgehead atoms. The van der Waals surface area contributed by atoms with Gasteiger partial charge in [0.1, 0.15) is 0 Å². The number of nitrogens with zero attached hydrogens (tertiary/aromatic N) is 5. The van der Waals surface area contributed by atoms with Crippen molar-refractivity contribution in [2.24, 2.45) is 5.73 Å². The summed E-state index contributed by atoms with van der Waals surface area (Å²) in [6.45, 7) is 7.09. The molecule has 0 unspecified atom stereocenters. The van der Waals surface area contributed by atoms with Crippen molar-refractivity contribution in [1.29, 1.82) is 0 Å². The Morgan fingerprint density at radius 1 is 0.972 bits per heavy atom. The SMILES string of the molecule is CN1CCN(Cc2ccc(-c3ccc4[nH]c5c(c4c3)CN(c3ncc(C(N)=O)cn3)CC5)cc2)CC1. The third-order valence-corrected chi connectivity index (χ3v) is 7.47. The Kier molecular flexibility index (Phi) is 5.91. The van der Waals surface area contributed by atoms with Gasteiger partial charge in [0, 0.05) is 86.8 Å². The quantitative estimate of drug-likeness (QED) is 0.455. The Balaban J connectivity index is 1.22. The van der Waals surface area contributed by atoms with Gasteiger partial charge >= 0.3 is 0 Å². The number of piperazine rings is 1. The molecular formula is C28H31N7O. The lowest BCUT2D eigenvalue weighted by atomic mass is 9.99. The summed E-state index contributed by atoms with van der Waals surface area (Å²) in [7, 11) is 2.19. The number of nitrogens with two attached hydrogens (primary N) is 1. The van der Waals surface area contributed by atoms with Crippen molar-refractivity contribution in [1.82, 2.24) is 24.8 Å². The van der Waals surface area contributed by atoms with Crippen LogP contribution in [0.3, 0.4) is 0 Å². The van der Waals surface area contributed by atoms with Crippen LogP contribution in [0.4, 0.5) is 5.95 Å². The first-order chi connectivity index (χ1) is 17.5. The Bertz CT molecular complexity index is 1390. The van der Waals surface area contributed by atoms with Crippen molar-refractivity contribution in [2.45, 2.75) is 19.5 Å². The number of nitrogens with one attached hydrogen (secondary N) is 1. The largest absolute Gasteiger partial charge is 0.366 e.